The molecular weight excluding hydrogens is 178 g/mol. The molecule has 1 nitrogen and oxygen atoms in total. The molecular formula is C11H9NS. The second-order valence-corrected chi connectivity index (χ2v) is 2.65. The lowest BCUT2D eigenvalue weighted by Crippen LogP contribution is -1.67. The minimum Gasteiger partial charge on any atom is -0.248 e. The standard InChI is InChI=1S/C10H8.CHNS/c1-2-6-10-8-4-3-7-9(10)5-1;2-1-3/h1-8H;2H. The molecule has 0 saturated carbocycles. The van der Waals surface area contributed by atoms with Crippen molar-refractivity contribution >= 4 is 28.2 Å². The molecule has 0 aliphatic heterocycles. The quantitative estimate of drug-likeness (QED) is 0.495. The van der Waals surface area contributed by atoms with Gasteiger partial charge in [0, 0.05) is 0 Å². The van der Waals surface area contributed by atoms with E-state index in [1.165, 1.54) is 10.8 Å². The summed E-state index contributed by atoms with van der Waals surface area (Å²) in [6.45, 7) is 0. The van der Waals surface area contributed by atoms with Crippen LogP contribution < -0.4 is 0 Å². The number of fused-ring (bicyclic) bond motifs is 1. The summed E-state index contributed by atoms with van der Waals surface area (Å²) in [6.07, 6.45) is 0. The first-order chi connectivity index (χ1) is 6.38. The van der Waals surface area contributed by atoms with Gasteiger partial charge in [0.1, 0.15) is 0 Å². The number of hydrogen-bond donors (Lipinski definition) is 1. The Morgan fingerprint density at radius 1 is 0.846 bits per heavy atom. The van der Waals surface area contributed by atoms with E-state index in [0.717, 1.165) is 0 Å². The summed E-state index contributed by atoms with van der Waals surface area (Å²) in [5.41, 5.74) is 0. The molecule has 0 radical (unpaired) electrons. The Morgan fingerprint density at radius 3 is 1.31 bits per heavy atom. The summed E-state index contributed by atoms with van der Waals surface area (Å²) in [4.78, 5) is 0. The fourth-order valence-corrected chi connectivity index (χ4v) is 1.13. The third-order valence-electron chi connectivity index (χ3n) is 1.66. The van der Waals surface area contributed by atoms with E-state index >= 15 is 0 Å². The third kappa shape index (κ3) is 2.79. The van der Waals surface area contributed by atoms with Crippen LogP contribution in [0.25, 0.3) is 10.8 Å². The van der Waals surface area contributed by atoms with Crippen molar-refractivity contribution in [3.8, 4) is 0 Å². The van der Waals surface area contributed by atoms with Crippen LogP contribution in [0.5, 0.6) is 0 Å². The molecule has 0 atom stereocenters. The van der Waals surface area contributed by atoms with Crippen molar-refractivity contribution in [2.45, 2.75) is 0 Å². The van der Waals surface area contributed by atoms with Crippen LogP contribution in [0.1, 0.15) is 0 Å². The molecule has 64 valence electrons. The Bertz CT molecular complexity index is 352. The van der Waals surface area contributed by atoms with E-state index in [-0.39, 0.29) is 0 Å². The lowest BCUT2D eigenvalue weighted by atomic mass is 10.1. The van der Waals surface area contributed by atoms with Gasteiger partial charge in [-0.1, -0.05) is 48.5 Å². The topological polar surface area (TPSA) is 23.9 Å². The van der Waals surface area contributed by atoms with E-state index < -0.39 is 0 Å². The number of benzene rings is 2. The van der Waals surface area contributed by atoms with Gasteiger partial charge in [-0.05, 0) is 23.0 Å². The maximum atomic E-state index is 5.77. The molecule has 0 fully saturated rings. The molecule has 0 aromatic heterocycles. The summed E-state index contributed by atoms with van der Waals surface area (Å²) in [5, 5.41) is 9.98. The number of thiocarbonyl (C=S) groups is 1. The smallest absolute Gasteiger partial charge is 0.0554 e. The summed E-state index contributed by atoms with van der Waals surface area (Å²) >= 11 is 3.81. The molecule has 1 N–H and O–H groups in total. The summed E-state index contributed by atoms with van der Waals surface area (Å²) < 4.78 is 0. The fourth-order valence-electron chi connectivity index (χ4n) is 1.13. The predicted molar refractivity (Wildman–Crippen MR) is 59.3 cm³/mol. The lowest BCUT2D eigenvalue weighted by Gasteiger charge is -1.92. The van der Waals surface area contributed by atoms with Crippen molar-refractivity contribution in [1.29, 1.82) is 5.41 Å². The van der Waals surface area contributed by atoms with Crippen LogP contribution >= 0.6 is 12.2 Å². The summed E-state index contributed by atoms with van der Waals surface area (Å²) in [7, 11) is 0. The van der Waals surface area contributed by atoms with Crippen molar-refractivity contribution in [2.75, 3.05) is 0 Å². The van der Waals surface area contributed by atoms with Crippen LogP contribution in [0.3, 0.4) is 0 Å². The highest BCUT2D eigenvalue weighted by Gasteiger charge is 1.85. The molecule has 2 heteroatoms. The van der Waals surface area contributed by atoms with Gasteiger partial charge in [-0.3, -0.25) is 0 Å². The Labute approximate surface area is 82.5 Å². The second-order valence-electron chi connectivity index (χ2n) is 2.45. The maximum Gasteiger partial charge on any atom is 0.0554 e. The highest BCUT2D eigenvalue weighted by Crippen LogP contribution is 2.11. The van der Waals surface area contributed by atoms with Gasteiger partial charge in [0.2, 0.25) is 0 Å². The highest BCUT2D eigenvalue weighted by molar-refractivity contribution is 7.78. The van der Waals surface area contributed by atoms with Gasteiger partial charge in [0.05, 0.1) is 5.16 Å². The van der Waals surface area contributed by atoms with Crippen molar-refractivity contribution in [3.63, 3.8) is 0 Å². The molecule has 0 unspecified atom stereocenters. The van der Waals surface area contributed by atoms with E-state index in [4.69, 9.17) is 5.41 Å². The van der Waals surface area contributed by atoms with Gasteiger partial charge < -0.3 is 0 Å². The van der Waals surface area contributed by atoms with Crippen LogP contribution in [0.4, 0.5) is 0 Å². The SMILES string of the molecule is N=C=S.c1ccc2ccccc2c1. The Morgan fingerprint density at radius 2 is 1.08 bits per heavy atom. The highest BCUT2D eigenvalue weighted by atomic mass is 32.1. The van der Waals surface area contributed by atoms with Crippen molar-refractivity contribution in [2.24, 2.45) is 0 Å². The van der Waals surface area contributed by atoms with Crippen LogP contribution in [0.15, 0.2) is 48.5 Å². The van der Waals surface area contributed by atoms with Gasteiger partial charge in [0.15, 0.2) is 0 Å². The molecule has 2 aromatic carbocycles. The summed E-state index contributed by atoms with van der Waals surface area (Å²) in [6, 6.07) is 16.7. The van der Waals surface area contributed by atoms with Gasteiger partial charge in [-0.15, -0.1) is 0 Å². The first kappa shape index (κ1) is 9.59. The zero-order valence-corrected chi connectivity index (χ0v) is 7.84. The molecule has 2 rings (SSSR count). The van der Waals surface area contributed by atoms with Gasteiger partial charge in [-0.2, -0.15) is 0 Å². The molecule has 0 bridgehead atoms. The molecule has 2 aromatic rings. The Kier molecular flexibility index (Phi) is 3.83. The maximum absolute atomic E-state index is 5.77. The zero-order valence-electron chi connectivity index (χ0n) is 7.03. The summed E-state index contributed by atoms with van der Waals surface area (Å²) in [5.74, 6) is 0. The van der Waals surface area contributed by atoms with E-state index in [1.807, 2.05) is 0 Å². The largest absolute Gasteiger partial charge is 0.248 e. The van der Waals surface area contributed by atoms with Crippen molar-refractivity contribution in [3.05, 3.63) is 48.5 Å². The first-order valence-corrected chi connectivity index (χ1v) is 4.27. The Balaban J connectivity index is 0.000000251. The molecule has 0 saturated heterocycles. The zero-order chi connectivity index (χ0) is 9.52. The number of rotatable bonds is 0. The molecule has 0 heterocycles. The Hall–Kier alpha value is -1.50. The molecule has 0 aliphatic carbocycles. The van der Waals surface area contributed by atoms with Crippen molar-refractivity contribution < 1.29 is 0 Å². The van der Waals surface area contributed by atoms with Crippen molar-refractivity contribution in [1.82, 2.24) is 0 Å². The normalized spacial score (nSPS) is 8.31. The van der Waals surface area contributed by atoms with Gasteiger partial charge in [0.25, 0.3) is 0 Å². The first-order valence-electron chi connectivity index (χ1n) is 3.86. The van der Waals surface area contributed by atoms with E-state index in [2.05, 4.69) is 60.7 Å². The van der Waals surface area contributed by atoms with E-state index in [1.54, 1.807) is 5.16 Å². The van der Waals surface area contributed by atoms with Gasteiger partial charge >= 0.3 is 0 Å². The van der Waals surface area contributed by atoms with Crippen LogP contribution in [0, 0.1) is 5.41 Å². The average Bonchev–Trinajstić information content (AvgIpc) is 2.19. The number of isothiocyanates is 1. The molecule has 0 spiro atoms. The van der Waals surface area contributed by atoms with E-state index in [0.29, 0.717) is 0 Å². The van der Waals surface area contributed by atoms with E-state index in [9.17, 15) is 0 Å². The second kappa shape index (κ2) is 5.20. The lowest BCUT2D eigenvalue weighted by molar-refractivity contribution is 1.61. The number of hydrogen-bond acceptors (Lipinski definition) is 2. The monoisotopic (exact) mass is 187 g/mol. The minimum absolute atomic E-state index is 1.31. The predicted octanol–water partition coefficient (Wildman–Crippen LogP) is 3.51. The molecule has 0 aliphatic rings. The fraction of sp³-hybridized carbons (Fsp3) is 0. The minimum atomic E-state index is 1.31. The average molecular weight is 187 g/mol. The van der Waals surface area contributed by atoms with Crippen LogP contribution in [-0.2, 0) is 0 Å². The van der Waals surface area contributed by atoms with Gasteiger partial charge in [-0.25, -0.2) is 5.41 Å². The number of nitrogens with one attached hydrogen (secondary N) is 1. The van der Waals surface area contributed by atoms with Crippen LogP contribution in [-0.4, -0.2) is 5.16 Å². The van der Waals surface area contributed by atoms with Crippen LogP contribution in [0.2, 0.25) is 0 Å². The third-order valence-corrected chi connectivity index (χ3v) is 1.66. The molecule has 0 amide bonds. The molecule has 13 heavy (non-hydrogen) atoms.